The SMILES string of the molecule is Cc1ccc2c(c1)OC(C)(C)CN2CC#N. The van der Waals surface area contributed by atoms with Crippen molar-refractivity contribution in [3.63, 3.8) is 0 Å². The van der Waals surface area contributed by atoms with Gasteiger partial charge < -0.3 is 9.64 Å². The molecule has 84 valence electrons. The van der Waals surface area contributed by atoms with Crippen molar-refractivity contribution in [2.24, 2.45) is 0 Å². The van der Waals surface area contributed by atoms with Crippen molar-refractivity contribution in [3.8, 4) is 11.8 Å². The van der Waals surface area contributed by atoms with E-state index < -0.39 is 0 Å². The maximum atomic E-state index is 8.84. The summed E-state index contributed by atoms with van der Waals surface area (Å²) in [5.74, 6) is 0.881. The van der Waals surface area contributed by atoms with Crippen molar-refractivity contribution in [3.05, 3.63) is 23.8 Å². The predicted octanol–water partition coefficient (Wildman–Crippen LogP) is 2.50. The fraction of sp³-hybridized carbons (Fsp3) is 0.462. The highest BCUT2D eigenvalue weighted by Gasteiger charge is 2.31. The van der Waals surface area contributed by atoms with Gasteiger partial charge in [0.2, 0.25) is 0 Å². The average molecular weight is 216 g/mol. The van der Waals surface area contributed by atoms with Gasteiger partial charge >= 0.3 is 0 Å². The van der Waals surface area contributed by atoms with Crippen LogP contribution >= 0.6 is 0 Å². The van der Waals surface area contributed by atoms with Crippen molar-refractivity contribution in [1.82, 2.24) is 0 Å². The minimum Gasteiger partial charge on any atom is -0.484 e. The van der Waals surface area contributed by atoms with Gasteiger partial charge in [-0.2, -0.15) is 5.26 Å². The van der Waals surface area contributed by atoms with Crippen molar-refractivity contribution in [1.29, 1.82) is 5.26 Å². The zero-order chi connectivity index (χ0) is 11.8. The lowest BCUT2D eigenvalue weighted by Crippen LogP contribution is -2.47. The second-order valence-electron chi connectivity index (χ2n) is 4.85. The first-order valence-electron chi connectivity index (χ1n) is 5.43. The Morgan fingerprint density at radius 2 is 2.25 bits per heavy atom. The molecule has 2 rings (SSSR count). The van der Waals surface area contributed by atoms with Gasteiger partial charge in [0.15, 0.2) is 0 Å². The van der Waals surface area contributed by atoms with Gasteiger partial charge in [-0.15, -0.1) is 0 Å². The minimum absolute atomic E-state index is 0.238. The van der Waals surface area contributed by atoms with Gasteiger partial charge in [0.25, 0.3) is 0 Å². The molecule has 0 aliphatic carbocycles. The fourth-order valence-electron chi connectivity index (χ4n) is 2.07. The van der Waals surface area contributed by atoms with Crippen molar-refractivity contribution in [2.45, 2.75) is 26.4 Å². The molecular formula is C13H16N2O. The first kappa shape index (κ1) is 10.8. The van der Waals surface area contributed by atoms with Crippen LogP contribution in [0.2, 0.25) is 0 Å². The molecule has 1 aromatic carbocycles. The highest BCUT2D eigenvalue weighted by Crippen LogP contribution is 2.37. The Kier molecular flexibility index (Phi) is 2.51. The predicted molar refractivity (Wildman–Crippen MR) is 63.7 cm³/mol. The molecule has 0 atom stereocenters. The molecule has 1 aromatic rings. The maximum absolute atomic E-state index is 8.84. The van der Waals surface area contributed by atoms with E-state index in [9.17, 15) is 0 Å². The monoisotopic (exact) mass is 216 g/mol. The molecule has 1 aliphatic rings. The summed E-state index contributed by atoms with van der Waals surface area (Å²) >= 11 is 0. The smallest absolute Gasteiger partial charge is 0.143 e. The topological polar surface area (TPSA) is 36.3 Å². The first-order chi connectivity index (χ1) is 7.52. The molecule has 16 heavy (non-hydrogen) atoms. The van der Waals surface area contributed by atoms with Crippen molar-refractivity contribution < 1.29 is 4.74 Å². The second kappa shape index (κ2) is 3.71. The van der Waals surface area contributed by atoms with Crippen LogP contribution in [0.25, 0.3) is 0 Å². The third kappa shape index (κ3) is 1.96. The summed E-state index contributed by atoms with van der Waals surface area (Å²) in [6, 6.07) is 8.30. The van der Waals surface area contributed by atoms with E-state index in [-0.39, 0.29) is 5.60 Å². The molecule has 0 bridgehead atoms. The standard InChI is InChI=1S/C13H16N2O/c1-10-4-5-11-12(8-10)16-13(2,3)9-15(11)7-6-14/h4-5,8H,7,9H2,1-3H3. The Bertz CT molecular complexity index is 446. The van der Waals surface area contributed by atoms with E-state index in [0.29, 0.717) is 6.54 Å². The molecule has 0 N–H and O–H groups in total. The summed E-state index contributed by atoms with van der Waals surface area (Å²) in [5, 5.41) is 8.84. The van der Waals surface area contributed by atoms with Crippen LogP contribution in [0, 0.1) is 18.3 Å². The summed E-state index contributed by atoms with van der Waals surface area (Å²) < 4.78 is 5.93. The lowest BCUT2D eigenvalue weighted by molar-refractivity contribution is 0.106. The van der Waals surface area contributed by atoms with E-state index >= 15 is 0 Å². The highest BCUT2D eigenvalue weighted by atomic mass is 16.5. The van der Waals surface area contributed by atoms with Gasteiger partial charge in [-0.3, -0.25) is 0 Å². The van der Waals surface area contributed by atoms with Crippen LogP contribution < -0.4 is 9.64 Å². The van der Waals surface area contributed by atoms with E-state index in [1.807, 2.05) is 39.0 Å². The number of fused-ring (bicyclic) bond motifs is 1. The van der Waals surface area contributed by atoms with E-state index in [0.717, 1.165) is 18.0 Å². The van der Waals surface area contributed by atoms with Gasteiger partial charge in [0, 0.05) is 0 Å². The summed E-state index contributed by atoms with van der Waals surface area (Å²) in [4.78, 5) is 2.07. The number of aryl methyl sites for hydroxylation is 1. The van der Waals surface area contributed by atoms with Crippen LogP contribution in [0.15, 0.2) is 18.2 Å². The number of nitriles is 1. The Labute approximate surface area is 96.2 Å². The lowest BCUT2D eigenvalue weighted by Gasteiger charge is -2.40. The molecular weight excluding hydrogens is 200 g/mol. The number of nitrogens with zero attached hydrogens (tertiary/aromatic N) is 2. The molecule has 1 aliphatic heterocycles. The molecule has 0 saturated heterocycles. The van der Waals surface area contributed by atoms with Crippen LogP contribution in [-0.2, 0) is 0 Å². The molecule has 1 heterocycles. The summed E-state index contributed by atoms with van der Waals surface area (Å²) in [6.45, 7) is 7.28. The molecule has 0 unspecified atom stereocenters. The number of anilines is 1. The van der Waals surface area contributed by atoms with Crippen LogP contribution in [0.5, 0.6) is 5.75 Å². The minimum atomic E-state index is -0.238. The summed E-state index contributed by atoms with van der Waals surface area (Å²) in [6.07, 6.45) is 0. The highest BCUT2D eigenvalue weighted by molar-refractivity contribution is 5.62. The van der Waals surface area contributed by atoms with Gasteiger partial charge in [0.05, 0.1) is 18.3 Å². The normalized spacial score (nSPS) is 17.2. The maximum Gasteiger partial charge on any atom is 0.143 e. The van der Waals surface area contributed by atoms with Gasteiger partial charge in [-0.1, -0.05) is 6.07 Å². The Balaban J connectivity index is 2.43. The lowest BCUT2D eigenvalue weighted by atomic mass is 10.0. The van der Waals surface area contributed by atoms with E-state index in [1.54, 1.807) is 0 Å². The molecule has 3 nitrogen and oxygen atoms in total. The zero-order valence-electron chi connectivity index (χ0n) is 9.95. The van der Waals surface area contributed by atoms with Crippen LogP contribution in [0.4, 0.5) is 5.69 Å². The molecule has 0 amide bonds. The molecule has 0 radical (unpaired) electrons. The summed E-state index contributed by atoms with van der Waals surface area (Å²) in [7, 11) is 0. The molecule has 0 fully saturated rings. The first-order valence-corrected chi connectivity index (χ1v) is 5.43. The van der Waals surface area contributed by atoms with Crippen LogP contribution in [0.3, 0.4) is 0 Å². The van der Waals surface area contributed by atoms with Crippen molar-refractivity contribution >= 4 is 5.69 Å². The largest absolute Gasteiger partial charge is 0.484 e. The second-order valence-corrected chi connectivity index (χ2v) is 4.85. The van der Waals surface area contributed by atoms with E-state index in [4.69, 9.17) is 10.00 Å². The van der Waals surface area contributed by atoms with E-state index in [2.05, 4.69) is 11.0 Å². The number of ether oxygens (including phenoxy) is 1. The number of benzene rings is 1. The Hall–Kier alpha value is -1.69. The quantitative estimate of drug-likeness (QED) is 0.677. The fourth-order valence-corrected chi connectivity index (χ4v) is 2.07. The van der Waals surface area contributed by atoms with Crippen molar-refractivity contribution in [2.75, 3.05) is 18.0 Å². The van der Waals surface area contributed by atoms with E-state index in [1.165, 1.54) is 5.56 Å². The van der Waals surface area contributed by atoms with Gasteiger partial charge in [0.1, 0.15) is 17.9 Å². The number of rotatable bonds is 1. The zero-order valence-corrected chi connectivity index (χ0v) is 9.95. The van der Waals surface area contributed by atoms with Gasteiger partial charge in [-0.05, 0) is 38.5 Å². The number of hydrogen-bond donors (Lipinski definition) is 0. The summed E-state index contributed by atoms with van der Waals surface area (Å²) in [5.41, 5.74) is 1.96. The molecule has 0 aromatic heterocycles. The number of hydrogen-bond acceptors (Lipinski definition) is 3. The third-order valence-electron chi connectivity index (χ3n) is 2.68. The molecule has 0 saturated carbocycles. The third-order valence-corrected chi connectivity index (χ3v) is 2.68. The van der Waals surface area contributed by atoms with Crippen LogP contribution in [-0.4, -0.2) is 18.7 Å². The Morgan fingerprint density at radius 1 is 1.50 bits per heavy atom. The molecule has 0 spiro atoms. The Morgan fingerprint density at radius 3 is 2.94 bits per heavy atom. The molecule has 3 heteroatoms. The average Bonchev–Trinajstić information content (AvgIpc) is 2.15. The van der Waals surface area contributed by atoms with Gasteiger partial charge in [-0.25, -0.2) is 0 Å². The van der Waals surface area contributed by atoms with Crippen LogP contribution in [0.1, 0.15) is 19.4 Å².